The monoisotopic (exact) mass is 572 g/mol. The number of hydrazine groups is 2. The Morgan fingerprint density at radius 3 is 1.79 bits per heavy atom. The fourth-order valence-corrected chi connectivity index (χ4v) is 9.52. The van der Waals surface area contributed by atoms with Crippen LogP contribution < -0.4 is 11.7 Å². The average Bonchev–Trinajstić information content (AvgIpc) is 3.45. The van der Waals surface area contributed by atoms with Crippen molar-refractivity contribution >= 4 is 0 Å². The second kappa shape index (κ2) is 8.88. The third-order valence-corrected chi connectivity index (χ3v) is 12.1. The van der Waals surface area contributed by atoms with Gasteiger partial charge in [0.15, 0.2) is 0 Å². The minimum absolute atomic E-state index is 0.213. The Labute approximate surface area is 252 Å². The second-order valence-corrected chi connectivity index (χ2v) is 14.6. The standard InChI is InChI=1S/C35H40N8/c36-42-29-11-21(29)13-31(42)33-38-17-27(40-33)20-5-3-19(4-6-20)23-7-8-24(26-16-35(15-25(23)26)9-1-2-10-35)28-18-39-34(41-28)32-14-22-12-30(22)43(32)37/h3-8,17-18,21-22,29-32H,1-2,9-16,36-37H2,(H,38,40)(H,39,41)/t21?,22?,29?,30?,31-,32-/m0/s1. The van der Waals surface area contributed by atoms with Crippen LogP contribution in [0.15, 0.2) is 48.8 Å². The van der Waals surface area contributed by atoms with Crippen molar-refractivity contribution in [3.63, 3.8) is 0 Å². The predicted molar refractivity (Wildman–Crippen MR) is 166 cm³/mol. The Bertz CT molecular complexity index is 1730. The van der Waals surface area contributed by atoms with Crippen LogP contribution in [0.25, 0.3) is 33.6 Å². The molecular formula is C35H40N8. The number of hydrogen-bond acceptors (Lipinski definition) is 6. The molecule has 2 aromatic carbocycles. The Morgan fingerprint density at radius 2 is 1.19 bits per heavy atom. The van der Waals surface area contributed by atoms with Crippen LogP contribution >= 0.6 is 0 Å². The van der Waals surface area contributed by atoms with Gasteiger partial charge in [0.1, 0.15) is 11.6 Å². The molecule has 1 spiro atoms. The molecule has 0 bridgehead atoms. The van der Waals surface area contributed by atoms with Gasteiger partial charge in [-0.1, -0.05) is 49.2 Å². The zero-order valence-corrected chi connectivity index (χ0v) is 24.6. The molecule has 43 heavy (non-hydrogen) atoms. The van der Waals surface area contributed by atoms with E-state index in [1.807, 2.05) is 22.4 Å². The van der Waals surface area contributed by atoms with Gasteiger partial charge in [0, 0.05) is 17.6 Å². The topological polar surface area (TPSA) is 116 Å². The van der Waals surface area contributed by atoms with E-state index in [1.54, 1.807) is 0 Å². The van der Waals surface area contributed by atoms with Crippen molar-refractivity contribution in [1.82, 2.24) is 30.0 Å². The molecule has 4 heterocycles. The number of nitrogens with zero attached hydrogens (tertiary/aromatic N) is 4. The molecule has 4 aliphatic carbocycles. The predicted octanol–water partition coefficient (Wildman–Crippen LogP) is 5.81. The summed E-state index contributed by atoms with van der Waals surface area (Å²) < 4.78 is 0. The van der Waals surface area contributed by atoms with Crippen LogP contribution in [-0.4, -0.2) is 42.0 Å². The molecule has 0 amide bonds. The molecule has 8 nitrogen and oxygen atoms in total. The van der Waals surface area contributed by atoms with Crippen LogP contribution in [0.4, 0.5) is 0 Å². The molecule has 10 rings (SSSR count). The summed E-state index contributed by atoms with van der Waals surface area (Å²) in [6.45, 7) is 0. The molecule has 8 heteroatoms. The Morgan fingerprint density at radius 1 is 0.651 bits per heavy atom. The van der Waals surface area contributed by atoms with Gasteiger partial charge in [0.2, 0.25) is 0 Å². The van der Waals surface area contributed by atoms with Gasteiger partial charge in [0.25, 0.3) is 0 Å². The number of rotatable bonds is 5. The van der Waals surface area contributed by atoms with Crippen molar-refractivity contribution in [2.24, 2.45) is 28.9 Å². The molecule has 4 unspecified atom stereocenters. The maximum absolute atomic E-state index is 6.45. The Balaban J connectivity index is 0.966. The third-order valence-electron chi connectivity index (χ3n) is 12.1. The minimum atomic E-state index is 0.213. The second-order valence-electron chi connectivity index (χ2n) is 14.6. The molecule has 6 atom stereocenters. The van der Waals surface area contributed by atoms with Crippen molar-refractivity contribution in [3.8, 4) is 33.6 Å². The maximum Gasteiger partial charge on any atom is 0.125 e. The molecule has 3 saturated carbocycles. The molecule has 2 saturated heterocycles. The van der Waals surface area contributed by atoms with Gasteiger partial charge in [-0.05, 0) is 96.4 Å². The van der Waals surface area contributed by atoms with Crippen molar-refractivity contribution in [2.45, 2.75) is 88.4 Å². The molecule has 2 aliphatic heterocycles. The number of H-pyrrole nitrogens is 2. The average molecular weight is 573 g/mol. The van der Waals surface area contributed by atoms with Gasteiger partial charge >= 0.3 is 0 Å². The highest BCUT2D eigenvalue weighted by Gasteiger charge is 2.53. The summed E-state index contributed by atoms with van der Waals surface area (Å²) in [5.41, 5.74) is 10.8. The van der Waals surface area contributed by atoms with Gasteiger partial charge in [-0.15, -0.1) is 0 Å². The van der Waals surface area contributed by atoms with E-state index in [2.05, 4.69) is 46.4 Å². The first-order valence-corrected chi connectivity index (χ1v) is 16.5. The molecule has 4 aromatic rings. The number of aromatic nitrogens is 4. The summed E-state index contributed by atoms with van der Waals surface area (Å²) >= 11 is 0. The van der Waals surface area contributed by atoms with E-state index >= 15 is 0 Å². The molecule has 5 fully saturated rings. The van der Waals surface area contributed by atoms with Crippen LogP contribution in [0.1, 0.15) is 86.2 Å². The lowest BCUT2D eigenvalue weighted by Crippen LogP contribution is -2.34. The fourth-order valence-electron chi connectivity index (χ4n) is 9.52. The van der Waals surface area contributed by atoms with Crippen molar-refractivity contribution in [1.29, 1.82) is 0 Å². The lowest BCUT2D eigenvalue weighted by Gasteiger charge is -2.22. The molecule has 6 aliphatic rings. The molecule has 2 aromatic heterocycles. The van der Waals surface area contributed by atoms with E-state index in [1.165, 1.54) is 84.7 Å². The highest BCUT2D eigenvalue weighted by Crippen LogP contribution is 2.54. The highest BCUT2D eigenvalue weighted by molar-refractivity contribution is 5.78. The van der Waals surface area contributed by atoms with Crippen LogP contribution in [0.5, 0.6) is 0 Å². The number of piperidine rings is 2. The van der Waals surface area contributed by atoms with Crippen LogP contribution in [-0.2, 0) is 12.8 Å². The highest BCUT2D eigenvalue weighted by atomic mass is 15.5. The largest absolute Gasteiger partial charge is 0.341 e. The summed E-state index contributed by atoms with van der Waals surface area (Å²) in [6, 6.07) is 15.3. The normalized spacial score (nSPS) is 32.0. The lowest BCUT2D eigenvalue weighted by atomic mass is 9.82. The summed E-state index contributed by atoms with van der Waals surface area (Å²) in [5.74, 6) is 16.3. The number of benzene rings is 2. The molecular weight excluding hydrogens is 532 g/mol. The van der Waals surface area contributed by atoms with Crippen molar-refractivity contribution in [2.75, 3.05) is 0 Å². The van der Waals surface area contributed by atoms with Gasteiger partial charge in [-0.25, -0.2) is 20.0 Å². The zero-order valence-electron chi connectivity index (χ0n) is 24.6. The molecule has 6 N–H and O–H groups in total. The first-order chi connectivity index (χ1) is 21.0. The van der Waals surface area contributed by atoms with Gasteiger partial charge < -0.3 is 9.97 Å². The summed E-state index contributed by atoms with van der Waals surface area (Å²) in [6.07, 6.45) is 16.5. The van der Waals surface area contributed by atoms with E-state index in [-0.39, 0.29) is 12.1 Å². The Kier molecular flexibility index (Phi) is 5.18. The van der Waals surface area contributed by atoms with Gasteiger partial charge in [0.05, 0.1) is 35.9 Å². The van der Waals surface area contributed by atoms with Gasteiger partial charge in [-0.3, -0.25) is 11.7 Å². The Hall–Kier alpha value is -3.30. The summed E-state index contributed by atoms with van der Waals surface area (Å²) in [5, 5.41) is 4.07. The molecule has 0 radical (unpaired) electrons. The van der Waals surface area contributed by atoms with Crippen molar-refractivity contribution < 1.29 is 0 Å². The quantitative estimate of drug-likeness (QED) is 0.224. The SMILES string of the molecule is NN1C2CC2C[C@H]1c1ncc(-c2ccc(-c3ccc(-c4cnc([C@@H]5CC6CC6N5N)[nH]4)c4c3CC3(CCCC3)C4)cc2)[nH]1. The number of hydrogen-bond donors (Lipinski definition) is 4. The number of imidazole rings is 2. The lowest BCUT2D eigenvalue weighted by molar-refractivity contribution is 0.218. The number of nitrogens with one attached hydrogen (secondary N) is 2. The number of fused-ring (bicyclic) bond motifs is 3. The van der Waals surface area contributed by atoms with E-state index in [0.29, 0.717) is 17.5 Å². The summed E-state index contributed by atoms with van der Waals surface area (Å²) in [7, 11) is 0. The van der Waals surface area contributed by atoms with Gasteiger partial charge in [-0.2, -0.15) is 0 Å². The van der Waals surface area contributed by atoms with Crippen LogP contribution in [0, 0.1) is 17.3 Å². The van der Waals surface area contributed by atoms with E-state index in [0.717, 1.165) is 47.7 Å². The first kappa shape index (κ1) is 25.1. The molecule has 220 valence electrons. The van der Waals surface area contributed by atoms with E-state index < -0.39 is 0 Å². The van der Waals surface area contributed by atoms with Crippen molar-refractivity contribution in [3.05, 3.63) is 71.6 Å². The first-order valence-electron chi connectivity index (χ1n) is 16.5. The van der Waals surface area contributed by atoms with E-state index in [9.17, 15) is 0 Å². The summed E-state index contributed by atoms with van der Waals surface area (Å²) in [4.78, 5) is 16.9. The number of nitrogens with two attached hydrogens (primary N) is 2. The number of aromatic amines is 2. The minimum Gasteiger partial charge on any atom is -0.341 e. The van der Waals surface area contributed by atoms with Crippen LogP contribution in [0.3, 0.4) is 0 Å². The smallest absolute Gasteiger partial charge is 0.125 e. The van der Waals surface area contributed by atoms with E-state index in [4.69, 9.17) is 21.7 Å². The third kappa shape index (κ3) is 3.83. The maximum atomic E-state index is 6.45. The van der Waals surface area contributed by atoms with Crippen LogP contribution in [0.2, 0.25) is 0 Å². The fraction of sp³-hybridized carbons (Fsp3) is 0.486. The zero-order chi connectivity index (χ0) is 28.4.